The maximum Gasteiger partial charge on any atom is 0.216 e. The van der Waals surface area contributed by atoms with Crippen molar-refractivity contribution < 1.29 is 4.74 Å². The SMILES string of the molecule is COc1ccc(Cc2n[nH]c(=S)n2/N=C\c2ccc(C(C)(C)C)cc2)cc1. The third-order valence-electron chi connectivity index (χ3n) is 4.34. The molecule has 2 aromatic carbocycles. The molecule has 1 N–H and O–H groups in total. The van der Waals surface area contributed by atoms with Crippen LogP contribution in [0.5, 0.6) is 5.75 Å². The van der Waals surface area contributed by atoms with Crippen LogP contribution in [0, 0.1) is 4.77 Å². The van der Waals surface area contributed by atoms with Crippen LogP contribution in [0.3, 0.4) is 0 Å². The fourth-order valence-corrected chi connectivity index (χ4v) is 2.88. The lowest BCUT2D eigenvalue weighted by atomic mass is 9.87. The third kappa shape index (κ3) is 4.71. The molecule has 0 amide bonds. The van der Waals surface area contributed by atoms with Crippen molar-refractivity contribution in [1.29, 1.82) is 0 Å². The summed E-state index contributed by atoms with van der Waals surface area (Å²) in [5.41, 5.74) is 3.55. The molecule has 0 unspecified atom stereocenters. The van der Waals surface area contributed by atoms with Crippen LogP contribution in [-0.4, -0.2) is 28.2 Å². The summed E-state index contributed by atoms with van der Waals surface area (Å²) in [6.07, 6.45) is 2.42. The zero-order valence-electron chi connectivity index (χ0n) is 16.1. The number of hydrogen-bond donors (Lipinski definition) is 1. The zero-order valence-corrected chi connectivity index (χ0v) is 16.9. The molecule has 6 heteroatoms. The average Bonchev–Trinajstić information content (AvgIpc) is 3.00. The Morgan fingerprint density at radius 1 is 1.11 bits per heavy atom. The average molecular weight is 381 g/mol. The first-order chi connectivity index (χ1) is 12.9. The molecule has 0 aliphatic heterocycles. The first-order valence-corrected chi connectivity index (χ1v) is 9.22. The number of benzene rings is 2. The summed E-state index contributed by atoms with van der Waals surface area (Å²) < 4.78 is 7.33. The van der Waals surface area contributed by atoms with E-state index in [-0.39, 0.29) is 5.41 Å². The topological polar surface area (TPSA) is 55.2 Å². The summed E-state index contributed by atoms with van der Waals surface area (Å²) in [6.45, 7) is 6.60. The second-order valence-corrected chi connectivity index (χ2v) is 7.78. The van der Waals surface area contributed by atoms with Gasteiger partial charge in [-0.25, -0.2) is 0 Å². The Hall–Kier alpha value is -2.73. The van der Waals surface area contributed by atoms with E-state index in [1.165, 1.54) is 5.56 Å². The Kier molecular flexibility index (Phi) is 5.56. The molecule has 0 fully saturated rings. The number of nitrogens with one attached hydrogen (secondary N) is 1. The molecule has 1 heterocycles. The molecule has 0 saturated heterocycles. The fourth-order valence-electron chi connectivity index (χ4n) is 2.68. The second-order valence-electron chi connectivity index (χ2n) is 7.40. The normalized spacial score (nSPS) is 11.9. The monoisotopic (exact) mass is 380 g/mol. The number of nitrogens with zero attached hydrogens (tertiary/aromatic N) is 3. The van der Waals surface area contributed by atoms with E-state index in [1.807, 2.05) is 24.3 Å². The maximum absolute atomic E-state index is 5.32. The highest BCUT2D eigenvalue weighted by atomic mass is 32.1. The van der Waals surface area contributed by atoms with Gasteiger partial charge in [0.25, 0.3) is 0 Å². The van der Waals surface area contributed by atoms with Crippen molar-refractivity contribution in [2.75, 3.05) is 7.11 Å². The Balaban J connectivity index is 1.80. The molecule has 3 rings (SSSR count). The van der Waals surface area contributed by atoms with Gasteiger partial charge in [-0.05, 0) is 46.5 Å². The van der Waals surface area contributed by atoms with Gasteiger partial charge in [-0.15, -0.1) is 0 Å². The molecular formula is C21H24N4OS. The molecule has 5 nitrogen and oxygen atoms in total. The van der Waals surface area contributed by atoms with E-state index in [4.69, 9.17) is 17.0 Å². The lowest BCUT2D eigenvalue weighted by Crippen LogP contribution is -2.10. The molecule has 0 radical (unpaired) electrons. The summed E-state index contributed by atoms with van der Waals surface area (Å²) in [6, 6.07) is 16.3. The van der Waals surface area contributed by atoms with Crippen molar-refractivity contribution in [3.63, 3.8) is 0 Å². The van der Waals surface area contributed by atoms with Gasteiger partial charge in [0.1, 0.15) is 5.75 Å². The summed E-state index contributed by atoms with van der Waals surface area (Å²) in [4.78, 5) is 0. The van der Waals surface area contributed by atoms with Crippen LogP contribution in [0.2, 0.25) is 0 Å². The van der Waals surface area contributed by atoms with E-state index >= 15 is 0 Å². The Bertz CT molecular complexity index is 977. The summed E-state index contributed by atoms with van der Waals surface area (Å²) in [7, 11) is 1.66. The van der Waals surface area contributed by atoms with Crippen LogP contribution in [-0.2, 0) is 11.8 Å². The van der Waals surface area contributed by atoms with Gasteiger partial charge in [-0.1, -0.05) is 57.2 Å². The standard InChI is InChI=1S/C21H24N4OS/c1-21(2,3)17-9-5-16(6-10-17)14-22-25-19(23-24-20(25)27)13-15-7-11-18(26-4)12-8-15/h5-12,14H,13H2,1-4H3,(H,24,27)/b22-14-. The van der Waals surface area contributed by atoms with Gasteiger partial charge in [0.2, 0.25) is 4.77 Å². The molecule has 1 aromatic heterocycles. The molecule has 27 heavy (non-hydrogen) atoms. The van der Waals surface area contributed by atoms with Crippen molar-refractivity contribution in [2.24, 2.45) is 5.10 Å². The largest absolute Gasteiger partial charge is 0.497 e. The van der Waals surface area contributed by atoms with E-state index in [2.05, 4.69) is 60.3 Å². The third-order valence-corrected chi connectivity index (χ3v) is 4.60. The molecule has 0 aliphatic carbocycles. The van der Waals surface area contributed by atoms with Crippen molar-refractivity contribution in [1.82, 2.24) is 14.9 Å². The van der Waals surface area contributed by atoms with Gasteiger partial charge in [-0.3, -0.25) is 5.10 Å². The van der Waals surface area contributed by atoms with E-state index in [9.17, 15) is 0 Å². The van der Waals surface area contributed by atoms with Crippen LogP contribution < -0.4 is 4.74 Å². The molecule has 3 aromatic rings. The predicted octanol–water partition coefficient (Wildman–Crippen LogP) is 4.72. The number of rotatable bonds is 5. The number of methoxy groups -OCH3 is 1. The van der Waals surface area contributed by atoms with Gasteiger partial charge in [-0.2, -0.15) is 14.9 Å². The number of H-pyrrole nitrogens is 1. The van der Waals surface area contributed by atoms with Crippen LogP contribution in [0.1, 0.15) is 43.3 Å². The van der Waals surface area contributed by atoms with Gasteiger partial charge in [0.05, 0.1) is 13.3 Å². The van der Waals surface area contributed by atoms with E-state index in [1.54, 1.807) is 18.0 Å². The number of ether oxygens (including phenoxy) is 1. The highest BCUT2D eigenvalue weighted by molar-refractivity contribution is 7.71. The summed E-state index contributed by atoms with van der Waals surface area (Å²) >= 11 is 5.32. The van der Waals surface area contributed by atoms with Crippen molar-refractivity contribution in [3.8, 4) is 5.75 Å². The minimum atomic E-state index is 0.133. The van der Waals surface area contributed by atoms with Crippen molar-refractivity contribution in [3.05, 3.63) is 75.8 Å². The predicted molar refractivity (Wildman–Crippen MR) is 111 cm³/mol. The van der Waals surface area contributed by atoms with Crippen molar-refractivity contribution >= 4 is 18.4 Å². The minimum Gasteiger partial charge on any atom is -0.497 e. The van der Waals surface area contributed by atoms with E-state index in [0.717, 1.165) is 22.7 Å². The Morgan fingerprint density at radius 2 is 1.78 bits per heavy atom. The number of hydrogen-bond acceptors (Lipinski definition) is 4. The fraction of sp³-hybridized carbons (Fsp3) is 0.286. The lowest BCUT2D eigenvalue weighted by Gasteiger charge is -2.18. The molecule has 0 atom stereocenters. The number of aromatic nitrogens is 3. The quantitative estimate of drug-likeness (QED) is 0.515. The Labute approximate surface area is 164 Å². The van der Waals surface area contributed by atoms with Crippen LogP contribution >= 0.6 is 12.2 Å². The molecule has 0 aliphatic rings. The number of aromatic amines is 1. The molecule has 0 saturated carbocycles. The summed E-state index contributed by atoms with van der Waals surface area (Å²) in [5, 5.41) is 11.7. The van der Waals surface area contributed by atoms with Gasteiger partial charge in [0, 0.05) is 6.42 Å². The van der Waals surface area contributed by atoms with Crippen LogP contribution in [0.25, 0.3) is 0 Å². The highest BCUT2D eigenvalue weighted by Gasteiger charge is 2.12. The molecular weight excluding hydrogens is 356 g/mol. The summed E-state index contributed by atoms with van der Waals surface area (Å²) in [5.74, 6) is 1.59. The van der Waals surface area contributed by atoms with Gasteiger partial charge >= 0.3 is 0 Å². The van der Waals surface area contributed by atoms with Gasteiger partial charge in [0.15, 0.2) is 5.82 Å². The minimum absolute atomic E-state index is 0.133. The van der Waals surface area contributed by atoms with Crippen LogP contribution in [0.4, 0.5) is 0 Å². The van der Waals surface area contributed by atoms with E-state index < -0.39 is 0 Å². The van der Waals surface area contributed by atoms with E-state index in [0.29, 0.717) is 11.2 Å². The Morgan fingerprint density at radius 3 is 2.37 bits per heavy atom. The second kappa shape index (κ2) is 7.88. The van der Waals surface area contributed by atoms with Crippen LogP contribution in [0.15, 0.2) is 53.6 Å². The molecule has 0 bridgehead atoms. The first-order valence-electron chi connectivity index (χ1n) is 8.81. The smallest absolute Gasteiger partial charge is 0.216 e. The molecule has 0 spiro atoms. The van der Waals surface area contributed by atoms with Gasteiger partial charge < -0.3 is 4.74 Å². The van der Waals surface area contributed by atoms with Crippen molar-refractivity contribution in [2.45, 2.75) is 32.6 Å². The molecule has 140 valence electrons. The highest BCUT2D eigenvalue weighted by Crippen LogP contribution is 2.22. The lowest BCUT2D eigenvalue weighted by molar-refractivity contribution is 0.414. The zero-order chi connectivity index (χ0) is 19.4. The first kappa shape index (κ1) is 19.0. The maximum atomic E-state index is 5.32.